The summed E-state index contributed by atoms with van der Waals surface area (Å²) in [6.07, 6.45) is 9.53. The van der Waals surface area contributed by atoms with Crippen molar-refractivity contribution in [3.05, 3.63) is 35.4 Å². The van der Waals surface area contributed by atoms with Gasteiger partial charge in [0.05, 0.1) is 0 Å². The van der Waals surface area contributed by atoms with Crippen molar-refractivity contribution in [1.82, 2.24) is 20.4 Å². The number of carbonyl (C=O) groups is 1. The van der Waals surface area contributed by atoms with Gasteiger partial charge in [-0.05, 0) is 56.7 Å². The molecule has 7 heteroatoms. The van der Waals surface area contributed by atoms with Crippen LogP contribution in [0.15, 0.2) is 29.3 Å². The predicted octanol–water partition coefficient (Wildman–Crippen LogP) is 4.14. The van der Waals surface area contributed by atoms with Gasteiger partial charge < -0.3 is 15.5 Å². The highest BCUT2D eigenvalue weighted by Gasteiger charge is 2.32. The molecule has 4 rings (SSSR count). The smallest absolute Gasteiger partial charge is 0.225 e. The van der Waals surface area contributed by atoms with Crippen molar-refractivity contribution in [1.29, 1.82) is 0 Å². The number of amides is 1. The molecule has 2 unspecified atom stereocenters. The van der Waals surface area contributed by atoms with Crippen molar-refractivity contribution in [2.24, 2.45) is 10.9 Å². The number of piperidine rings is 1. The van der Waals surface area contributed by atoms with E-state index in [0.717, 1.165) is 51.4 Å². The highest BCUT2D eigenvalue weighted by molar-refractivity contribution is 14.0. The van der Waals surface area contributed by atoms with Crippen LogP contribution in [0.4, 0.5) is 0 Å². The first-order valence-electron chi connectivity index (χ1n) is 12.7. The number of carbonyl (C=O) groups excluding carboxylic acids is 1. The number of nitrogens with zero attached hydrogens (tertiary/aromatic N) is 3. The van der Waals surface area contributed by atoms with E-state index < -0.39 is 0 Å². The van der Waals surface area contributed by atoms with Gasteiger partial charge in [0.15, 0.2) is 5.96 Å². The SMILES string of the molecule is CN=C(NCc1ccccc1CN1CCCCC1C)NC1CCN(C(=O)C2CCCC2)C1.I. The van der Waals surface area contributed by atoms with Gasteiger partial charge in [0.2, 0.25) is 5.91 Å². The summed E-state index contributed by atoms with van der Waals surface area (Å²) in [6, 6.07) is 9.70. The molecule has 2 saturated heterocycles. The summed E-state index contributed by atoms with van der Waals surface area (Å²) in [5, 5.41) is 7.07. The Bertz CT molecular complexity index is 795. The standard InChI is InChI=1S/C26H41N5O.HI/c1-20-9-7-8-15-30(20)18-23-13-6-5-12-22(23)17-28-26(27-2)29-24-14-16-31(19-24)25(32)21-10-3-4-11-21;/h5-6,12-13,20-21,24H,3-4,7-11,14-19H2,1-2H3,(H2,27,28,29);1H. The van der Waals surface area contributed by atoms with Crippen LogP contribution in [0, 0.1) is 5.92 Å². The summed E-state index contributed by atoms with van der Waals surface area (Å²) in [6.45, 7) is 6.99. The van der Waals surface area contributed by atoms with E-state index >= 15 is 0 Å². The summed E-state index contributed by atoms with van der Waals surface area (Å²) in [5.74, 6) is 1.47. The molecule has 2 heterocycles. The van der Waals surface area contributed by atoms with Gasteiger partial charge in [0, 0.05) is 51.2 Å². The summed E-state index contributed by atoms with van der Waals surface area (Å²) >= 11 is 0. The fourth-order valence-electron chi connectivity index (χ4n) is 5.57. The van der Waals surface area contributed by atoms with E-state index in [2.05, 4.69) is 56.6 Å². The van der Waals surface area contributed by atoms with Crippen molar-refractivity contribution in [2.45, 2.75) is 83.5 Å². The molecule has 2 aliphatic heterocycles. The van der Waals surface area contributed by atoms with Crippen molar-refractivity contribution in [2.75, 3.05) is 26.7 Å². The zero-order valence-corrected chi connectivity index (χ0v) is 22.7. The van der Waals surface area contributed by atoms with E-state index in [9.17, 15) is 4.79 Å². The second kappa shape index (κ2) is 12.9. The number of benzene rings is 1. The van der Waals surface area contributed by atoms with Crippen molar-refractivity contribution in [3.63, 3.8) is 0 Å². The van der Waals surface area contributed by atoms with E-state index in [1.807, 2.05) is 7.05 Å². The Balaban J connectivity index is 0.00000306. The molecule has 184 valence electrons. The lowest BCUT2D eigenvalue weighted by Gasteiger charge is -2.33. The Hall–Kier alpha value is -1.35. The third kappa shape index (κ3) is 7.07. The summed E-state index contributed by atoms with van der Waals surface area (Å²) in [7, 11) is 1.83. The first kappa shape index (κ1) is 26.3. The Morgan fingerprint density at radius 3 is 2.48 bits per heavy atom. The maximum Gasteiger partial charge on any atom is 0.225 e. The number of aliphatic imine (C=N–C) groups is 1. The number of rotatable bonds is 6. The summed E-state index contributed by atoms with van der Waals surface area (Å²) in [4.78, 5) is 21.9. The van der Waals surface area contributed by atoms with Gasteiger partial charge in [-0.2, -0.15) is 0 Å². The largest absolute Gasteiger partial charge is 0.352 e. The first-order valence-corrected chi connectivity index (χ1v) is 12.7. The molecule has 1 aromatic rings. The minimum absolute atomic E-state index is 0. The molecule has 33 heavy (non-hydrogen) atoms. The molecule has 0 radical (unpaired) electrons. The second-order valence-corrected chi connectivity index (χ2v) is 9.91. The maximum atomic E-state index is 12.7. The lowest BCUT2D eigenvalue weighted by molar-refractivity contribution is -0.134. The highest BCUT2D eigenvalue weighted by atomic mass is 127. The number of nitrogens with one attached hydrogen (secondary N) is 2. The molecule has 0 bridgehead atoms. The number of guanidine groups is 1. The van der Waals surface area contributed by atoms with E-state index in [1.165, 1.54) is 49.8 Å². The molecule has 3 aliphatic rings. The molecule has 1 aliphatic carbocycles. The fraction of sp³-hybridized carbons (Fsp3) is 0.692. The predicted molar refractivity (Wildman–Crippen MR) is 146 cm³/mol. The molecule has 6 nitrogen and oxygen atoms in total. The molecular formula is C26H42IN5O. The van der Waals surface area contributed by atoms with E-state index in [1.54, 1.807) is 0 Å². The average molecular weight is 568 g/mol. The molecular weight excluding hydrogens is 525 g/mol. The van der Waals surface area contributed by atoms with Crippen LogP contribution in [0.25, 0.3) is 0 Å². The third-order valence-corrected chi connectivity index (χ3v) is 7.65. The molecule has 3 fully saturated rings. The van der Waals surface area contributed by atoms with Gasteiger partial charge in [0.25, 0.3) is 0 Å². The number of likely N-dealkylation sites (tertiary alicyclic amines) is 2. The molecule has 1 amide bonds. The van der Waals surface area contributed by atoms with Crippen molar-refractivity contribution in [3.8, 4) is 0 Å². The lowest BCUT2D eigenvalue weighted by Crippen LogP contribution is -2.45. The quantitative estimate of drug-likeness (QED) is 0.309. The van der Waals surface area contributed by atoms with Crippen LogP contribution in [0.1, 0.15) is 69.4 Å². The van der Waals surface area contributed by atoms with Crippen LogP contribution in [0.5, 0.6) is 0 Å². The topological polar surface area (TPSA) is 60.0 Å². The van der Waals surface area contributed by atoms with Gasteiger partial charge in [-0.25, -0.2) is 0 Å². The molecule has 0 spiro atoms. The van der Waals surface area contributed by atoms with Crippen molar-refractivity contribution >= 4 is 35.8 Å². The van der Waals surface area contributed by atoms with Crippen LogP contribution in [0.2, 0.25) is 0 Å². The molecule has 1 aromatic carbocycles. The minimum Gasteiger partial charge on any atom is -0.352 e. The van der Waals surface area contributed by atoms with Gasteiger partial charge in [0.1, 0.15) is 0 Å². The Morgan fingerprint density at radius 1 is 1.03 bits per heavy atom. The first-order chi connectivity index (χ1) is 15.6. The molecule has 0 aromatic heterocycles. The van der Waals surface area contributed by atoms with E-state index in [0.29, 0.717) is 11.9 Å². The van der Waals surface area contributed by atoms with Crippen LogP contribution >= 0.6 is 24.0 Å². The normalized spacial score (nSPS) is 24.5. The van der Waals surface area contributed by atoms with Gasteiger partial charge in [-0.15, -0.1) is 24.0 Å². The Kier molecular flexibility index (Phi) is 10.3. The molecule has 1 saturated carbocycles. The van der Waals surface area contributed by atoms with Crippen LogP contribution in [-0.2, 0) is 17.9 Å². The van der Waals surface area contributed by atoms with Gasteiger partial charge in [-0.3, -0.25) is 14.7 Å². The van der Waals surface area contributed by atoms with E-state index in [-0.39, 0.29) is 35.9 Å². The van der Waals surface area contributed by atoms with Crippen molar-refractivity contribution < 1.29 is 4.79 Å². The van der Waals surface area contributed by atoms with Gasteiger partial charge in [-0.1, -0.05) is 43.5 Å². The average Bonchev–Trinajstić information content (AvgIpc) is 3.51. The summed E-state index contributed by atoms with van der Waals surface area (Å²) in [5.41, 5.74) is 2.73. The molecule has 2 atom stereocenters. The second-order valence-electron chi connectivity index (χ2n) is 9.91. The monoisotopic (exact) mass is 567 g/mol. The van der Waals surface area contributed by atoms with Crippen LogP contribution < -0.4 is 10.6 Å². The number of hydrogen-bond donors (Lipinski definition) is 2. The van der Waals surface area contributed by atoms with Crippen LogP contribution in [-0.4, -0.2) is 60.4 Å². The van der Waals surface area contributed by atoms with Crippen LogP contribution in [0.3, 0.4) is 0 Å². The van der Waals surface area contributed by atoms with E-state index in [4.69, 9.17) is 0 Å². The fourth-order valence-corrected chi connectivity index (χ4v) is 5.57. The zero-order chi connectivity index (χ0) is 22.3. The maximum absolute atomic E-state index is 12.7. The molecule has 2 N–H and O–H groups in total. The zero-order valence-electron chi connectivity index (χ0n) is 20.4. The number of hydrogen-bond acceptors (Lipinski definition) is 3. The highest BCUT2D eigenvalue weighted by Crippen LogP contribution is 2.28. The number of halogens is 1. The Labute approximate surface area is 217 Å². The van der Waals surface area contributed by atoms with Gasteiger partial charge >= 0.3 is 0 Å². The minimum atomic E-state index is 0. The Morgan fingerprint density at radius 2 is 1.76 bits per heavy atom. The summed E-state index contributed by atoms with van der Waals surface area (Å²) < 4.78 is 0. The lowest BCUT2D eigenvalue weighted by atomic mass is 10.0. The third-order valence-electron chi connectivity index (χ3n) is 7.65.